The number of hydrogen-bond acceptors (Lipinski definition) is 4. The Balaban J connectivity index is 2.27. The summed E-state index contributed by atoms with van der Waals surface area (Å²) in [4.78, 5) is 0.218. The van der Waals surface area contributed by atoms with Crippen LogP contribution in [0.3, 0.4) is 0 Å². The second-order valence-corrected chi connectivity index (χ2v) is 5.61. The molecule has 94 valence electrons. The maximum atomic E-state index is 11.8. The second kappa shape index (κ2) is 5.03. The van der Waals surface area contributed by atoms with Crippen LogP contribution in [0.15, 0.2) is 23.1 Å². The SMILES string of the molecule is O=S(=O)(NCCO)c1ccc2c(c1)CCCO2. The third-order valence-corrected chi connectivity index (χ3v) is 4.05. The van der Waals surface area contributed by atoms with E-state index in [2.05, 4.69) is 4.72 Å². The summed E-state index contributed by atoms with van der Waals surface area (Å²) < 4.78 is 31.4. The quantitative estimate of drug-likeness (QED) is 0.812. The van der Waals surface area contributed by atoms with Crippen LogP contribution in [0.4, 0.5) is 0 Å². The van der Waals surface area contributed by atoms with Crippen LogP contribution in [-0.2, 0) is 16.4 Å². The van der Waals surface area contributed by atoms with Gasteiger partial charge in [-0.3, -0.25) is 0 Å². The molecule has 2 rings (SSSR count). The lowest BCUT2D eigenvalue weighted by molar-refractivity contribution is 0.288. The fraction of sp³-hybridized carbons (Fsp3) is 0.455. The topological polar surface area (TPSA) is 75.6 Å². The van der Waals surface area contributed by atoms with E-state index in [1.54, 1.807) is 12.1 Å². The first kappa shape index (κ1) is 12.3. The van der Waals surface area contributed by atoms with Crippen molar-refractivity contribution in [3.8, 4) is 5.75 Å². The van der Waals surface area contributed by atoms with E-state index in [-0.39, 0.29) is 18.0 Å². The highest BCUT2D eigenvalue weighted by atomic mass is 32.2. The summed E-state index contributed by atoms with van der Waals surface area (Å²) in [7, 11) is -3.52. The molecule has 0 atom stereocenters. The number of aryl methyl sites for hydroxylation is 1. The number of sulfonamides is 1. The molecule has 5 nitrogen and oxygen atoms in total. The van der Waals surface area contributed by atoms with E-state index in [4.69, 9.17) is 9.84 Å². The van der Waals surface area contributed by atoms with Crippen molar-refractivity contribution >= 4 is 10.0 Å². The molecule has 1 aromatic rings. The fourth-order valence-corrected chi connectivity index (χ4v) is 2.84. The fourth-order valence-electron chi connectivity index (χ4n) is 1.77. The Morgan fingerprint density at radius 2 is 2.24 bits per heavy atom. The minimum absolute atomic E-state index is 0.0237. The molecule has 0 radical (unpaired) electrons. The average molecular weight is 257 g/mol. The van der Waals surface area contributed by atoms with Crippen LogP contribution in [0.25, 0.3) is 0 Å². The third-order valence-electron chi connectivity index (χ3n) is 2.59. The van der Waals surface area contributed by atoms with Crippen molar-refractivity contribution in [2.75, 3.05) is 19.8 Å². The van der Waals surface area contributed by atoms with Crippen molar-refractivity contribution in [1.29, 1.82) is 0 Å². The summed E-state index contributed by atoms with van der Waals surface area (Å²) in [6.07, 6.45) is 1.74. The summed E-state index contributed by atoms with van der Waals surface area (Å²) >= 11 is 0. The van der Waals surface area contributed by atoms with Crippen LogP contribution in [-0.4, -0.2) is 33.3 Å². The van der Waals surface area contributed by atoms with E-state index < -0.39 is 10.0 Å². The van der Waals surface area contributed by atoms with Crippen LogP contribution in [0.1, 0.15) is 12.0 Å². The van der Waals surface area contributed by atoms with Gasteiger partial charge < -0.3 is 9.84 Å². The zero-order chi connectivity index (χ0) is 12.3. The number of ether oxygens (including phenoxy) is 1. The molecule has 0 fully saturated rings. The number of benzene rings is 1. The highest BCUT2D eigenvalue weighted by molar-refractivity contribution is 7.89. The van der Waals surface area contributed by atoms with Crippen LogP contribution >= 0.6 is 0 Å². The Kier molecular flexibility index (Phi) is 3.66. The minimum Gasteiger partial charge on any atom is -0.493 e. The van der Waals surface area contributed by atoms with Gasteiger partial charge >= 0.3 is 0 Å². The Morgan fingerprint density at radius 3 is 3.00 bits per heavy atom. The van der Waals surface area contributed by atoms with Gasteiger partial charge in [-0.15, -0.1) is 0 Å². The summed E-state index contributed by atoms with van der Waals surface area (Å²) in [5.74, 6) is 0.761. The minimum atomic E-state index is -3.52. The summed E-state index contributed by atoms with van der Waals surface area (Å²) in [5.41, 5.74) is 0.920. The van der Waals surface area contributed by atoms with Crippen molar-refractivity contribution in [2.45, 2.75) is 17.7 Å². The van der Waals surface area contributed by atoms with Crippen LogP contribution in [0.2, 0.25) is 0 Å². The second-order valence-electron chi connectivity index (χ2n) is 3.84. The number of aliphatic hydroxyl groups excluding tert-OH is 1. The molecule has 2 N–H and O–H groups in total. The molecule has 0 saturated heterocycles. The lowest BCUT2D eigenvalue weighted by Gasteiger charge is -2.17. The van der Waals surface area contributed by atoms with Gasteiger partial charge in [-0.25, -0.2) is 13.1 Å². The van der Waals surface area contributed by atoms with Crippen molar-refractivity contribution < 1.29 is 18.3 Å². The molecule has 0 amide bonds. The molecule has 1 aliphatic heterocycles. The van der Waals surface area contributed by atoms with Crippen LogP contribution in [0.5, 0.6) is 5.75 Å². The van der Waals surface area contributed by atoms with Gasteiger partial charge in [0.15, 0.2) is 0 Å². The molecule has 1 aromatic carbocycles. The smallest absolute Gasteiger partial charge is 0.240 e. The van der Waals surface area contributed by atoms with Gasteiger partial charge in [0.1, 0.15) is 5.75 Å². The number of aliphatic hydroxyl groups is 1. The van der Waals surface area contributed by atoms with Crippen LogP contribution in [0, 0.1) is 0 Å². The standard InChI is InChI=1S/C11H15NO4S/c13-6-5-12-17(14,15)10-3-4-11-9(8-10)2-1-7-16-11/h3-4,8,12-13H,1-2,5-7H2. The summed E-state index contributed by atoms with van der Waals surface area (Å²) in [5, 5.41) is 8.62. The van der Waals surface area contributed by atoms with Gasteiger partial charge in [0, 0.05) is 6.54 Å². The predicted molar refractivity (Wildman–Crippen MR) is 62.5 cm³/mol. The first-order valence-corrected chi connectivity index (χ1v) is 6.98. The van der Waals surface area contributed by atoms with E-state index in [0.29, 0.717) is 6.61 Å². The number of nitrogens with one attached hydrogen (secondary N) is 1. The lowest BCUT2D eigenvalue weighted by Crippen LogP contribution is -2.26. The highest BCUT2D eigenvalue weighted by Crippen LogP contribution is 2.27. The molecule has 0 unspecified atom stereocenters. The molecule has 1 heterocycles. The third kappa shape index (κ3) is 2.77. The Hall–Kier alpha value is -1.11. The normalized spacial score (nSPS) is 15.1. The molecule has 1 aliphatic rings. The number of fused-ring (bicyclic) bond motifs is 1. The molecule has 0 saturated carbocycles. The van der Waals surface area contributed by atoms with E-state index in [1.807, 2.05) is 0 Å². The summed E-state index contributed by atoms with van der Waals surface area (Å²) in [6, 6.07) is 4.83. The van der Waals surface area contributed by atoms with E-state index in [0.717, 1.165) is 24.2 Å². The molecule has 6 heteroatoms. The van der Waals surface area contributed by atoms with Gasteiger partial charge in [-0.1, -0.05) is 0 Å². The Bertz CT molecular complexity index is 498. The zero-order valence-corrected chi connectivity index (χ0v) is 10.2. The Morgan fingerprint density at radius 1 is 1.41 bits per heavy atom. The van der Waals surface area contributed by atoms with Crippen molar-refractivity contribution in [3.63, 3.8) is 0 Å². The lowest BCUT2D eigenvalue weighted by atomic mass is 10.1. The molecule has 0 aromatic heterocycles. The summed E-state index contributed by atoms with van der Waals surface area (Å²) in [6.45, 7) is 0.491. The zero-order valence-electron chi connectivity index (χ0n) is 9.35. The van der Waals surface area contributed by atoms with E-state index in [9.17, 15) is 8.42 Å². The molecule has 0 aliphatic carbocycles. The monoisotopic (exact) mass is 257 g/mol. The first-order valence-electron chi connectivity index (χ1n) is 5.50. The maximum Gasteiger partial charge on any atom is 0.240 e. The number of hydrogen-bond donors (Lipinski definition) is 2. The van der Waals surface area contributed by atoms with Crippen molar-refractivity contribution in [1.82, 2.24) is 4.72 Å². The van der Waals surface area contributed by atoms with Crippen molar-refractivity contribution in [2.24, 2.45) is 0 Å². The molecule has 0 bridgehead atoms. The maximum absolute atomic E-state index is 11.8. The van der Waals surface area contributed by atoms with E-state index in [1.165, 1.54) is 6.07 Å². The molecule has 0 spiro atoms. The Labute approximate surface area is 100 Å². The molecule has 17 heavy (non-hydrogen) atoms. The molecular formula is C11H15NO4S. The first-order chi connectivity index (χ1) is 8.13. The average Bonchev–Trinajstić information content (AvgIpc) is 2.36. The van der Waals surface area contributed by atoms with Gasteiger partial charge in [0.2, 0.25) is 10.0 Å². The van der Waals surface area contributed by atoms with Gasteiger partial charge in [-0.2, -0.15) is 0 Å². The van der Waals surface area contributed by atoms with Crippen molar-refractivity contribution in [3.05, 3.63) is 23.8 Å². The van der Waals surface area contributed by atoms with Gasteiger partial charge in [0.25, 0.3) is 0 Å². The van der Waals surface area contributed by atoms with Gasteiger partial charge in [0.05, 0.1) is 18.1 Å². The number of rotatable bonds is 4. The predicted octanol–water partition coefficient (Wildman–Crippen LogP) is 0.282. The van der Waals surface area contributed by atoms with E-state index >= 15 is 0 Å². The highest BCUT2D eigenvalue weighted by Gasteiger charge is 2.17. The largest absolute Gasteiger partial charge is 0.493 e. The molecular weight excluding hydrogens is 242 g/mol. The van der Waals surface area contributed by atoms with Crippen LogP contribution < -0.4 is 9.46 Å². The van der Waals surface area contributed by atoms with Gasteiger partial charge in [-0.05, 0) is 36.6 Å².